The van der Waals surface area contributed by atoms with Crippen LogP contribution in [0.1, 0.15) is 16.1 Å². The number of nitrogens with zero attached hydrogens (tertiary/aromatic N) is 1. The lowest BCUT2D eigenvalue weighted by atomic mass is 10.2. The van der Waals surface area contributed by atoms with E-state index < -0.39 is 5.97 Å². The van der Waals surface area contributed by atoms with Crippen LogP contribution in [0.15, 0.2) is 39.8 Å². The lowest BCUT2D eigenvalue weighted by molar-refractivity contribution is -0.113. The number of rotatable bonds is 5. The fourth-order valence-electron chi connectivity index (χ4n) is 1.51. The number of aromatic nitrogens is 1. The van der Waals surface area contributed by atoms with Gasteiger partial charge in [-0.15, -0.1) is 11.8 Å². The van der Waals surface area contributed by atoms with Gasteiger partial charge in [0.05, 0.1) is 17.0 Å². The summed E-state index contributed by atoms with van der Waals surface area (Å²) in [5.41, 5.74) is 0.852. The van der Waals surface area contributed by atoms with Crippen LogP contribution in [0.3, 0.4) is 0 Å². The maximum absolute atomic E-state index is 11.7. The molecular formula is C13H12N2O4S. The Hall–Kier alpha value is -2.28. The number of aromatic carboxylic acids is 1. The second-order valence-electron chi connectivity index (χ2n) is 3.97. The molecule has 0 atom stereocenters. The van der Waals surface area contributed by atoms with E-state index in [9.17, 15) is 9.59 Å². The molecule has 0 aliphatic carbocycles. The molecule has 1 heterocycles. The highest BCUT2D eigenvalue weighted by molar-refractivity contribution is 8.00. The normalized spacial score (nSPS) is 10.2. The molecule has 1 amide bonds. The van der Waals surface area contributed by atoms with Crippen LogP contribution in [0.25, 0.3) is 0 Å². The minimum atomic E-state index is -1.01. The molecular weight excluding hydrogens is 280 g/mol. The van der Waals surface area contributed by atoms with Gasteiger partial charge in [0.2, 0.25) is 11.8 Å². The number of carbonyl (C=O) groups excluding carboxylic acids is 1. The topological polar surface area (TPSA) is 92.4 Å². The number of thioether (sulfide) groups is 1. The molecule has 7 heteroatoms. The quantitative estimate of drug-likeness (QED) is 0.822. The Bertz CT molecular complexity index is 639. The van der Waals surface area contributed by atoms with Crippen LogP contribution in [-0.4, -0.2) is 27.9 Å². The first-order valence-corrected chi connectivity index (χ1v) is 6.73. The molecule has 0 aliphatic heterocycles. The van der Waals surface area contributed by atoms with Gasteiger partial charge in [-0.2, -0.15) is 0 Å². The Morgan fingerprint density at radius 3 is 2.80 bits per heavy atom. The lowest BCUT2D eigenvalue weighted by Gasteiger charge is -2.05. The van der Waals surface area contributed by atoms with Gasteiger partial charge < -0.3 is 9.63 Å². The third-order valence-electron chi connectivity index (χ3n) is 2.37. The van der Waals surface area contributed by atoms with Crippen molar-refractivity contribution in [3.05, 3.63) is 41.6 Å². The van der Waals surface area contributed by atoms with Crippen LogP contribution in [0.4, 0.5) is 5.88 Å². The van der Waals surface area contributed by atoms with Gasteiger partial charge in [0.1, 0.15) is 0 Å². The summed E-state index contributed by atoms with van der Waals surface area (Å²) >= 11 is 1.15. The summed E-state index contributed by atoms with van der Waals surface area (Å²) in [7, 11) is 0. The molecule has 0 saturated carbocycles. The SMILES string of the molecule is Cc1cc(NC(=O)CSc2ccccc2C(=O)O)on1. The number of aryl methyl sites for hydroxylation is 1. The number of carbonyl (C=O) groups is 2. The molecule has 0 aliphatic rings. The zero-order chi connectivity index (χ0) is 14.5. The van der Waals surface area contributed by atoms with Crippen LogP contribution >= 0.6 is 11.8 Å². The molecule has 0 saturated heterocycles. The molecule has 0 unspecified atom stereocenters. The predicted molar refractivity (Wildman–Crippen MR) is 74.0 cm³/mol. The van der Waals surface area contributed by atoms with Gasteiger partial charge in [-0.3, -0.25) is 10.1 Å². The van der Waals surface area contributed by atoms with Crippen LogP contribution in [0.2, 0.25) is 0 Å². The third kappa shape index (κ3) is 3.61. The largest absolute Gasteiger partial charge is 0.478 e. The Labute approximate surface area is 119 Å². The van der Waals surface area contributed by atoms with E-state index in [4.69, 9.17) is 9.63 Å². The third-order valence-corrected chi connectivity index (χ3v) is 3.44. The summed E-state index contributed by atoms with van der Waals surface area (Å²) < 4.78 is 4.86. The van der Waals surface area contributed by atoms with E-state index in [0.717, 1.165) is 11.8 Å². The summed E-state index contributed by atoms with van der Waals surface area (Å²) in [5.74, 6) is -0.936. The van der Waals surface area contributed by atoms with Crippen LogP contribution in [-0.2, 0) is 4.79 Å². The van der Waals surface area contributed by atoms with E-state index >= 15 is 0 Å². The Morgan fingerprint density at radius 2 is 2.15 bits per heavy atom. The van der Waals surface area contributed by atoms with Crippen molar-refractivity contribution in [3.63, 3.8) is 0 Å². The molecule has 0 radical (unpaired) electrons. The van der Waals surface area contributed by atoms with Crippen molar-refractivity contribution in [1.29, 1.82) is 0 Å². The van der Waals surface area contributed by atoms with E-state index in [1.807, 2.05) is 0 Å². The van der Waals surface area contributed by atoms with Crippen molar-refractivity contribution in [2.45, 2.75) is 11.8 Å². The van der Waals surface area contributed by atoms with Gasteiger partial charge in [0.25, 0.3) is 0 Å². The number of carboxylic acids is 1. The van der Waals surface area contributed by atoms with Crippen molar-refractivity contribution in [2.75, 3.05) is 11.1 Å². The molecule has 0 fully saturated rings. The van der Waals surface area contributed by atoms with Crippen LogP contribution < -0.4 is 5.32 Å². The Balaban J connectivity index is 1.95. The number of amides is 1. The van der Waals surface area contributed by atoms with Crippen molar-refractivity contribution >= 4 is 29.5 Å². The van der Waals surface area contributed by atoms with Gasteiger partial charge >= 0.3 is 5.97 Å². The maximum Gasteiger partial charge on any atom is 0.336 e. The molecule has 104 valence electrons. The minimum Gasteiger partial charge on any atom is -0.478 e. The fraction of sp³-hybridized carbons (Fsp3) is 0.154. The highest BCUT2D eigenvalue weighted by Crippen LogP contribution is 2.22. The van der Waals surface area contributed by atoms with Gasteiger partial charge in [0.15, 0.2) is 0 Å². The van der Waals surface area contributed by atoms with Crippen LogP contribution in [0.5, 0.6) is 0 Å². The van der Waals surface area contributed by atoms with E-state index in [0.29, 0.717) is 10.6 Å². The number of anilines is 1. The van der Waals surface area contributed by atoms with Gasteiger partial charge in [-0.1, -0.05) is 17.3 Å². The van der Waals surface area contributed by atoms with Crippen LogP contribution in [0, 0.1) is 6.92 Å². The first-order valence-electron chi connectivity index (χ1n) is 5.74. The highest BCUT2D eigenvalue weighted by atomic mass is 32.2. The molecule has 2 aromatic rings. The number of nitrogens with one attached hydrogen (secondary N) is 1. The average Bonchev–Trinajstić information content (AvgIpc) is 2.82. The summed E-state index contributed by atoms with van der Waals surface area (Å²) in [6.45, 7) is 1.75. The minimum absolute atomic E-state index is 0.0873. The van der Waals surface area contributed by atoms with Crippen molar-refractivity contribution < 1.29 is 19.2 Å². The van der Waals surface area contributed by atoms with Crippen molar-refractivity contribution in [3.8, 4) is 0 Å². The van der Waals surface area contributed by atoms with Crippen molar-refractivity contribution in [2.24, 2.45) is 0 Å². The molecule has 2 rings (SSSR count). The van der Waals surface area contributed by atoms with Gasteiger partial charge in [-0.25, -0.2) is 4.79 Å². The smallest absolute Gasteiger partial charge is 0.336 e. The number of benzene rings is 1. The zero-order valence-electron chi connectivity index (χ0n) is 10.6. The average molecular weight is 292 g/mol. The predicted octanol–water partition coefficient (Wildman–Crippen LogP) is 2.41. The first kappa shape index (κ1) is 14.1. The Morgan fingerprint density at radius 1 is 1.40 bits per heavy atom. The monoisotopic (exact) mass is 292 g/mol. The molecule has 1 aromatic heterocycles. The molecule has 0 bridgehead atoms. The number of carboxylic acid groups (broad SMARTS) is 1. The Kier molecular flexibility index (Phi) is 4.41. The molecule has 1 aromatic carbocycles. The van der Waals surface area contributed by atoms with E-state index in [-0.39, 0.29) is 23.1 Å². The fourth-order valence-corrected chi connectivity index (χ4v) is 2.35. The second kappa shape index (κ2) is 6.25. The van der Waals surface area contributed by atoms with Crippen molar-refractivity contribution in [1.82, 2.24) is 5.16 Å². The molecule has 2 N–H and O–H groups in total. The second-order valence-corrected chi connectivity index (χ2v) is 4.99. The van der Waals surface area contributed by atoms with Gasteiger partial charge in [0, 0.05) is 11.0 Å². The number of hydrogen-bond donors (Lipinski definition) is 2. The summed E-state index contributed by atoms with van der Waals surface area (Å²) in [6, 6.07) is 8.15. The summed E-state index contributed by atoms with van der Waals surface area (Å²) in [5, 5.41) is 15.2. The van der Waals surface area contributed by atoms with E-state index in [1.54, 1.807) is 31.2 Å². The zero-order valence-corrected chi connectivity index (χ0v) is 11.4. The standard InChI is InChI=1S/C13H12N2O4S/c1-8-6-12(19-15-8)14-11(16)7-20-10-5-3-2-4-9(10)13(17)18/h2-6H,7H2,1H3,(H,14,16)(H,17,18). The lowest BCUT2D eigenvalue weighted by Crippen LogP contribution is -2.13. The van der Waals surface area contributed by atoms with E-state index in [1.165, 1.54) is 6.07 Å². The van der Waals surface area contributed by atoms with Gasteiger partial charge in [-0.05, 0) is 19.1 Å². The summed E-state index contributed by atoms with van der Waals surface area (Å²) in [6.07, 6.45) is 0. The molecule has 20 heavy (non-hydrogen) atoms. The highest BCUT2D eigenvalue weighted by Gasteiger charge is 2.12. The van der Waals surface area contributed by atoms with E-state index in [2.05, 4.69) is 10.5 Å². The molecule has 6 nitrogen and oxygen atoms in total. The molecule has 0 spiro atoms. The summed E-state index contributed by atoms with van der Waals surface area (Å²) in [4.78, 5) is 23.3. The number of hydrogen-bond acceptors (Lipinski definition) is 5. The first-order chi connectivity index (χ1) is 9.56. The maximum atomic E-state index is 11.7.